The molecular formula is C53H81N19O13S. The Morgan fingerprint density at radius 2 is 1.26 bits per heavy atom. The molecule has 1 aromatic heterocycles. The number of guanidine groups is 3. The fraction of sp³-hybridized carbons (Fsp3) is 0.566. The van der Waals surface area contributed by atoms with Crippen molar-refractivity contribution in [3.63, 3.8) is 0 Å². The van der Waals surface area contributed by atoms with E-state index < -0.39 is 133 Å². The first-order chi connectivity index (χ1) is 40.9. The van der Waals surface area contributed by atoms with Crippen LogP contribution in [0.2, 0.25) is 0 Å². The number of nitrogens with zero attached hydrogens (tertiary/aromatic N) is 6. The molecule has 0 radical (unpaired) electrons. The number of thiophene rings is 1. The van der Waals surface area contributed by atoms with Crippen LogP contribution in [-0.4, -0.2) is 213 Å². The standard InChI is InChI=1S/C53H81N19O13S/c1-28(42(76)68-35(50(84)85)14-6-18-63-53(59)60)65-46(80)39-21-29-9-2-3-10-30(29)25-71(39)48(82)37(27-73)69-44(78)36(23-32-11-8-20-86-32)66-41(75)24-64-45(79)40-22-31(74)26-72(40)49(83)38-15-7-19-70(38)47(81)34(13-5-17-62-52(57)58)67-43(77)33(54)12-4-16-61-51(55)56/h2-3,8-11,20,28,31,33-40,73-74H,4-7,12-19,21-27,54H2,1H3,(H,64,79)(H,65,80)(H,66,75)(H,67,77)(H,68,76)(H,69,78)(H,84,85)(H4,55,56,61)(H4,57,58,62)(H4,59,60,63)/t28-,31-,33+,34-,35-,36-,37-,38-,39+,40-/m0/s1. The van der Waals surface area contributed by atoms with Crippen LogP contribution in [0.25, 0.3) is 0 Å². The van der Waals surface area contributed by atoms with Crippen molar-refractivity contribution in [3.8, 4) is 0 Å². The SMILES string of the molecule is C[C@H](NC(=O)[C@H]1Cc2ccccc2CN1C(=O)[C@H](CO)NC(=O)[C@H](Cc1cccs1)NC(=O)CNC(=O)[C@@H]1C[C@H](O)CN1C(=O)[C@@H]1CCCN1C(=O)[C@H](CCCN=C(N)N)NC(=O)[C@H](N)CCCN=C(N)N)C(=O)N[C@@H](CCCN=C(N)N)C(=O)O. The fourth-order valence-corrected chi connectivity index (χ4v) is 10.9. The predicted molar refractivity (Wildman–Crippen MR) is 314 cm³/mol. The molecule has 86 heavy (non-hydrogen) atoms. The summed E-state index contributed by atoms with van der Waals surface area (Å²) in [5.41, 5.74) is 39.9. The number of nitrogens with two attached hydrogens (primary N) is 7. The summed E-state index contributed by atoms with van der Waals surface area (Å²) in [5.74, 6) is -8.86. The highest BCUT2D eigenvalue weighted by molar-refractivity contribution is 7.09. The molecule has 32 nitrogen and oxygen atoms in total. The van der Waals surface area contributed by atoms with E-state index in [9.17, 15) is 63.3 Å². The van der Waals surface area contributed by atoms with Gasteiger partial charge in [0.1, 0.15) is 48.3 Å². The van der Waals surface area contributed by atoms with E-state index in [0.29, 0.717) is 28.8 Å². The Bertz CT molecular complexity index is 2810. The molecule has 2 fully saturated rings. The predicted octanol–water partition coefficient (Wildman–Crippen LogP) is -6.68. The Morgan fingerprint density at radius 1 is 0.663 bits per heavy atom. The molecule has 4 heterocycles. The van der Waals surface area contributed by atoms with E-state index >= 15 is 0 Å². The molecule has 5 rings (SSSR count). The maximum absolute atomic E-state index is 14.5. The van der Waals surface area contributed by atoms with Crippen LogP contribution in [0.3, 0.4) is 0 Å². The van der Waals surface area contributed by atoms with Crippen LogP contribution >= 0.6 is 11.3 Å². The molecule has 1 aromatic carbocycles. The maximum Gasteiger partial charge on any atom is 0.326 e. The van der Waals surface area contributed by atoms with Crippen LogP contribution < -0.4 is 72.0 Å². The Labute approximate surface area is 499 Å². The zero-order valence-corrected chi connectivity index (χ0v) is 48.6. The number of aliphatic hydroxyl groups excluding tert-OH is 2. The van der Waals surface area contributed by atoms with Crippen LogP contribution in [0.15, 0.2) is 56.8 Å². The molecule has 2 saturated heterocycles. The highest BCUT2D eigenvalue weighted by atomic mass is 32.1. The summed E-state index contributed by atoms with van der Waals surface area (Å²) >= 11 is 1.25. The summed E-state index contributed by atoms with van der Waals surface area (Å²) < 4.78 is 0. The van der Waals surface area contributed by atoms with Crippen molar-refractivity contribution in [2.45, 2.75) is 145 Å². The van der Waals surface area contributed by atoms with E-state index in [4.69, 9.17) is 40.1 Å². The number of hydrogen-bond donors (Lipinski definition) is 16. The number of benzene rings is 1. The van der Waals surface area contributed by atoms with E-state index in [0.717, 1.165) is 9.80 Å². The lowest BCUT2D eigenvalue weighted by molar-refractivity contribution is -0.148. The fourth-order valence-electron chi connectivity index (χ4n) is 10.1. The summed E-state index contributed by atoms with van der Waals surface area (Å²) in [5, 5.41) is 48.1. The van der Waals surface area contributed by atoms with E-state index in [1.165, 1.54) is 23.2 Å². The molecule has 3 aliphatic rings. The summed E-state index contributed by atoms with van der Waals surface area (Å²) in [6.45, 7) is -0.229. The van der Waals surface area contributed by atoms with Gasteiger partial charge in [0.25, 0.3) is 0 Å². The number of aliphatic carboxylic acids is 1. The smallest absolute Gasteiger partial charge is 0.326 e. The Balaban J connectivity index is 1.24. The third kappa shape index (κ3) is 20.2. The molecule has 0 unspecified atom stereocenters. The number of likely N-dealkylation sites (tertiary alicyclic amines) is 2. The zero-order valence-electron chi connectivity index (χ0n) is 47.8. The van der Waals surface area contributed by atoms with Crippen molar-refractivity contribution >= 4 is 88.3 Å². The minimum absolute atomic E-state index is 0.0346. The van der Waals surface area contributed by atoms with E-state index in [2.05, 4.69) is 46.9 Å². The normalized spacial score (nSPS) is 19.1. The highest BCUT2D eigenvalue weighted by Gasteiger charge is 2.46. The van der Waals surface area contributed by atoms with Crippen molar-refractivity contribution in [3.05, 3.63) is 57.8 Å². The number of carbonyl (C=O) groups excluding carboxylic acids is 9. The van der Waals surface area contributed by atoms with Gasteiger partial charge in [-0.1, -0.05) is 30.3 Å². The number of nitrogens with one attached hydrogen (secondary N) is 6. The molecule has 3 aliphatic heterocycles. The Kier molecular flexibility index (Phi) is 26.2. The van der Waals surface area contributed by atoms with Gasteiger partial charge in [-0.15, -0.1) is 11.3 Å². The molecule has 33 heteroatoms. The number of hydrogen-bond acceptors (Lipinski definition) is 17. The number of aliphatic hydroxyl groups is 2. The number of amides is 9. The van der Waals surface area contributed by atoms with Crippen molar-refractivity contribution in [1.82, 2.24) is 46.6 Å². The monoisotopic (exact) mass is 1220 g/mol. The van der Waals surface area contributed by atoms with Gasteiger partial charge in [0.2, 0.25) is 53.2 Å². The highest BCUT2D eigenvalue weighted by Crippen LogP contribution is 2.28. The van der Waals surface area contributed by atoms with Gasteiger partial charge in [-0.3, -0.25) is 58.1 Å². The topological polar surface area (TPSA) is 533 Å². The van der Waals surface area contributed by atoms with E-state index in [1.54, 1.807) is 41.8 Å². The van der Waals surface area contributed by atoms with Gasteiger partial charge in [0.05, 0.1) is 25.3 Å². The van der Waals surface area contributed by atoms with Crippen molar-refractivity contribution < 1.29 is 63.3 Å². The maximum atomic E-state index is 14.5. The summed E-state index contributed by atoms with van der Waals surface area (Å²) in [6, 6.07) is -1.26. The van der Waals surface area contributed by atoms with Gasteiger partial charge < -0.3 is 102 Å². The van der Waals surface area contributed by atoms with Gasteiger partial charge in [-0.2, -0.15) is 0 Å². The second kappa shape index (κ2) is 33.1. The first-order valence-corrected chi connectivity index (χ1v) is 29.0. The van der Waals surface area contributed by atoms with Crippen molar-refractivity contribution in [2.75, 3.05) is 45.9 Å². The van der Waals surface area contributed by atoms with Gasteiger partial charge in [0.15, 0.2) is 17.9 Å². The summed E-state index contributed by atoms with van der Waals surface area (Å²) in [7, 11) is 0. The first kappa shape index (κ1) is 68.1. The molecular weight excluding hydrogens is 1140 g/mol. The minimum Gasteiger partial charge on any atom is -0.480 e. The van der Waals surface area contributed by atoms with Crippen molar-refractivity contribution in [1.29, 1.82) is 0 Å². The average Bonchev–Trinajstić information content (AvgIpc) is 1.86. The number of carboxylic acid groups (broad SMARTS) is 1. The largest absolute Gasteiger partial charge is 0.480 e. The summed E-state index contributed by atoms with van der Waals surface area (Å²) in [6.07, 6.45) is 0.0873. The van der Waals surface area contributed by atoms with E-state index in [-0.39, 0.29) is 115 Å². The van der Waals surface area contributed by atoms with Gasteiger partial charge in [-0.05, 0) is 80.9 Å². The number of aliphatic imine (C=N–C) groups is 3. The summed E-state index contributed by atoms with van der Waals surface area (Å²) in [4.78, 5) is 153. The third-order valence-corrected chi connectivity index (χ3v) is 15.5. The molecule has 472 valence electrons. The Morgan fingerprint density at radius 3 is 1.86 bits per heavy atom. The molecule has 23 N–H and O–H groups in total. The van der Waals surface area contributed by atoms with Gasteiger partial charge >= 0.3 is 5.97 Å². The molecule has 0 bridgehead atoms. The number of carbonyl (C=O) groups is 10. The lowest BCUT2D eigenvalue weighted by Crippen LogP contribution is -2.62. The van der Waals surface area contributed by atoms with Crippen LogP contribution in [-0.2, 0) is 67.3 Å². The Hall–Kier alpha value is -8.69. The van der Waals surface area contributed by atoms with E-state index in [1.807, 2.05) is 0 Å². The van der Waals surface area contributed by atoms with Crippen LogP contribution in [0, 0.1) is 0 Å². The number of rotatable bonds is 31. The lowest BCUT2D eigenvalue weighted by atomic mass is 9.92. The average molecular weight is 1220 g/mol. The number of fused-ring (bicyclic) bond motifs is 1. The van der Waals surface area contributed by atoms with Crippen LogP contribution in [0.5, 0.6) is 0 Å². The number of carboxylic acids is 1. The van der Waals surface area contributed by atoms with Gasteiger partial charge in [-0.25, -0.2) is 4.79 Å². The number of β-amino-alcohol motifs (C(OH)–C–C–N with tert-alkyl or cyclic N) is 1. The quantitative estimate of drug-likeness (QED) is 0.0190. The third-order valence-electron chi connectivity index (χ3n) is 14.6. The molecule has 9 amide bonds. The minimum atomic E-state index is -1.68. The van der Waals surface area contributed by atoms with Gasteiger partial charge in [0, 0.05) is 63.4 Å². The second-order valence-corrected chi connectivity index (χ2v) is 22.1. The lowest BCUT2D eigenvalue weighted by Gasteiger charge is -2.38. The van der Waals surface area contributed by atoms with Crippen molar-refractivity contribution in [2.24, 2.45) is 55.1 Å². The molecule has 0 aliphatic carbocycles. The van der Waals surface area contributed by atoms with Crippen LogP contribution in [0.4, 0.5) is 0 Å². The molecule has 10 atom stereocenters. The van der Waals surface area contributed by atoms with Crippen LogP contribution in [0.1, 0.15) is 80.7 Å². The zero-order chi connectivity index (χ0) is 63.2. The first-order valence-electron chi connectivity index (χ1n) is 28.1. The molecule has 0 spiro atoms. The molecule has 0 saturated carbocycles. The second-order valence-electron chi connectivity index (χ2n) is 21.0. The molecule has 2 aromatic rings.